The zero-order valence-electron chi connectivity index (χ0n) is 7.58. The molecule has 0 aliphatic carbocycles. The summed E-state index contributed by atoms with van der Waals surface area (Å²) >= 11 is 0. The highest BCUT2D eigenvalue weighted by Crippen LogP contribution is 2.13. The number of hydrogen-bond donors (Lipinski definition) is 4. The summed E-state index contributed by atoms with van der Waals surface area (Å²) in [5.74, 6) is -4.20. The zero-order chi connectivity index (χ0) is 12.3. The maximum Gasteiger partial charge on any atom is 0.324 e. The molecule has 0 spiro atoms. The molecule has 0 radical (unpaired) electrons. The van der Waals surface area contributed by atoms with Gasteiger partial charge in [0.2, 0.25) is 0 Å². The predicted octanol–water partition coefficient (Wildman–Crippen LogP) is -1.48. The molecular formula is C6H11NO7S. The number of carboxylic acids is 2. The van der Waals surface area contributed by atoms with E-state index >= 15 is 0 Å². The molecule has 88 valence electrons. The summed E-state index contributed by atoms with van der Waals surface area (Å²) in [7, 11) is -4.57. The quantitative estimate of drug-likeness (QED) is 0.410. The lowest BCUT2D eigenvalue weighted by Crippen LogP contribution is -2.53. The standard InChI is InChI=1S/C6H11NO7S/c7-6(5(10)11,2-1-4(8)9)3-15(12,13)14/h1-3,7H2,(H,8,9)(H,10,11)(H,12,13,14)/t6-/m1/s1. The Morgan fingerprint density at radius 2 is 1.73 bits per heavy atom. The zero-order valence-corrected chi connectivity index (χ0v) is 8.40. The molecule has 0 bridgehead atoms. The Morgan fingerprint density at radius 3 is 2.00 bits per heavy atom. The number of carbonyl (C=O) groups is 2. The van der Waals surface area contributed by atoms with Crippen LogP contribution in [0.4, 0.5) is 0 Å². The minimum atomic E-state index is -4.57. The molecule has 0 saturated carbocycles. The van der Waals surface area contributed by atoms with Crippen LogP contribution in [0.3, 0.4) is 0 Å². The van der Waals surface area contributed by atoms with E-state index in [1.54, 1.807) is 0 Å². The van der Waals surface area contributed by atoms with Gasteiger partial charge in [0.05, 0.1) is 0 Å². The Hall–Kier alpha value is -1.19. The Balaban J connectivity index is 4.75. The molecule has 0 aliphatic heterocycles. The van der Waals surface area contributed by atoms with E-state index in [0.717, 1.165) is 0 Å². The van der Waals surface area contributed by atoms with E-state index in [2.05, 4.69) is 0 Å². The first-order valence-corrected chi connectivity index (χ1v) is 5.37. The lowest BCUT2D eigenvalue weighted by molar-refractivity contribution is -0.143. The van der Waals surface area contributed by atoms with Crippen LogP contribution >= 0.6 is 0 Å². The van der Waals surface area contributed by atoms with Gasteiger partial charge in [-0.1, -0.05) is 0 Å². The molecule has 0 unspecified atom stereocenters. The normalized spacial score (nSPS) is 15.6. The monoisotopic (exact) mass is 241 g/mol. The average molecular weight is 241 g/mol. The maximum absolute atomic E-state index is 10.6. The molecule has 0 aromatic heterocycles. The van der Waals surface area contributed by atoms with Gasteiger partial charge < -0.3 is 15.9 Å². The molecule has 5 N–H and O–H groups in total. The van der Waals surface area contributed by atoms with Gasteiger partial charge in [-0.3, -0.25) is 14.1 Å². The van der Waals surface area contributed by atoms with Crippen LogP contribution in [0.5, 0.6) is 0 Å². The second kappa shape index (κ2) is 4.55. The molecular weight excluding hydrogens is 230 g/mol. The molecule has 15 heavy (non-hydrogen) atoms. The number of carboxylic acid groups (broad SMARTS) is 2. The van der Waals surface area contributed by atoms with Gasteiger partial charge in [0.25, 0.3) is 10.1 Å². The van der Waals surface area contributed by atoms with Gasteiger partial charge in [-0.05, 0) is 6.42 Å². The van der Waals surface area contributed by atoms with Crippen molar-refractivity contribution in [1.29, 1.82) is 0 Å². The van der Waals surface area contributed by atoms with Crippen LogP contribution in [-0.4, -0.2) is 46.4 Å². The molecule has 0 heterocycles. The van der Waals surface area contributed by atoms with E-state index < -0.39 is 46.2 Å². The fourth-order valence-corrected chi connectivity index (χ4v) is 1.82. The third-order valence-electron chi connectivity index (χ3n) is 1.65. The largest absolute Gasteiger partial charge is 0.481 e. The highest BCUT2D eigenvalue weighted by molar-refractivity contribution is 7.85. The second-order valence-electron chi connectivity index (χ2n) is 3.08. The minimum Gasteiger partial charge on any atom is -0.481 e. The molecule has 1 atom stereocenters. The third-order valence-corrected chi connectivity index (χ3v) is 2.53. The number of rotatable bonds is 6. The molecule has 0 aromatic carbocycles. The summed E-state index contributed by atoms with van der Waals surface area (Å²) < 4.78 is 29.4. The fourth-order valence-electron chi connectivity index (χ4n) is 0.896. The predicted molar refractivity (Wildman–Crippen MR) is 47.8 cm³/mol. The molecule has 0 saturated heterocycles. The summed E-state index contributed by atoms with van der Waals surface area (Å²) in [6.07, 6.45) is -1.18. The fraction of sp³-hybridized carbons (Fsp3) is 0.667. The van der Waals surface area contributed by atoms with Crippen molar-refractivity contribution in [2.75, 3.05) is 5.75 Å². The van der Waals surface area contributed by atoms with Crippen LogP contribution in [0.1, 0.15) is 12.8 Å². The van der Waals surface area contributed by atoms with Crippen LogP contribution in [0.2, 0.25) is 0 Å². The van der Waals surface area contributed by atoms with E-state index in [9.17, 15) is 18.0 Å². The lowest BCUT2D eigenvalue weighted by Gasteiger charge is -2.21. The van der Waals surface area contributed by atoms with Crippen molar-refractivity contribution in [2.24, 2.45) is 5.73 Å². The first kappa shape index (κ1) is 13.8. The van der Waals surface area contributed by atoms with Gasteiger partial charge in [0.15, 0.2) is 0 Å². The Morgan fingerprint density at radius 1 is 1.27 bits per heavy atom. The number of hydrogen-bond acceptors (Lipinski definition) is 5. The van der Waals surface area contributed by atoms with Gasteiger partial charge in [-0.2, -0.15) is 8.42 Å². The molecule has 0 rings (SSSR count). The van der Waals surface area contributed by atoms with E-state index in [1.807, 2.05) is 0 Å². The van der Waals surface area contributed by atoms with Crippen molar-refractivity contribution in [3.63, 3.8) is 0 Å². The van der Waals surface area contributed by atoms with Crippen LogP contribution in [-0.2, 0) is 19.7 Å². The minimum absolute atomic E-state index is 0.586. The smallest absolute Gasteiger partial charge is 0.324 e. The summed E-state index contributed by atoms with van der Waals surface area (Å²) in [6.45, 7) is 0. The van der Waals surface area contributed by atoms with E-state index in [0.29, 0.717) is 0 Å². The summed E-state index contributed by atoms with van der Waals surface area (Å²) in [5.41, 5.74) is 2.89. The molecule has 0 aliphatic rings. The molecule has 0 fully saturated rings. The summed E-state index contributed by atoms with van der Waals surface area (Å²) in [6, 6.07) is 0. The topological polar surface area (TPSA) is 155 Å². The summed E-state index contributed by atoms with van der Waals surface area (Å²) in [4.78, 5) is 20.8. The van der Waals surface area contributed by atoms with Gasteiger partial charge in [0.1, 0.15) is 11.3 Å². The molecule has 0 amide bonds. The highest BCUT2D eigenvalue weighted by atomic mass is 32.2. The van der Waals surface area contributed by atoms with Crippen molar-refractivity contribution in [3.05, 3.63) is 0 Å². The second-order valence-corrected chi connectivity index (χ2v) is 4.53. The van der Waals surface area contributed by atoms with Crippen molar-refractivity contribution in [3.8, 4) is 0 Å². The van der Waals surface area contributed by atoms with Gasteiger partial charge in [-0.25, -0.2) is 0 Å². The first-order chi connectivity index (χ1) is 6.57. The number of nitrogens with two attached hydrogens (primary N) is 1. The first-order valence-electron chi connectivity index (χ1n) is 3.76. The molecule has 9 heteroatoms. The van der Waals surface area contributed by atoms with Crippen molar-refractivity contribution < 1.29 is 32.8 Å². The van der Waals surface area contributed by atoms with Gasteiger partial charge in [0, 0.05) is 6.42 Å². The van der Waals surface area contributed by atoms with Gasteiger partial charge >= 0.3 is 11.9 Å². The maximum atomic E-state index is 10.6. The van der Waals surface area contributed by atoms with Crippen molar-refractivity contribution in [2.45, 2.75) is 18.4 Å². The Kier molecular flexibility index (Phi) is 4.19. The molecule has 8 nitrogen and oxygen atoms in total. The van der Waals surface area contributed by atoms with E-state index in [-0.39, 0.29) is 0 Å². The van der Waals surface area contributed by atoms with E-state index in [1.165, 1.54) is 0 Å². The highest BCUT2D eigenvalue weighted by Gasteiger charge is 2.38. The Bertz CT molecular complexity index is 362. The van der Waals surface area contributed by atoms with Crippen molar-refractivity contribution in [1.82, 2.24) is 0 Å². The lowest BCUT2D eigenvalue weighted by atomic mass is 9.97. The SMILES string of the molecule is N[C@](CCC(=O)O)(CS(=O)(=O)O)C(=O)O. The van der Waals surface area contributed by atoms with Crippen LogP contribution in [0, 0.1) is 0 Å². The molecule has 0 aromatic rings. The number of aliphatic carboxylic acids is 2. The Labute approximate surface area is 85.4 Å². The average Bonchev–Trinajstić information content (AvgIpc) is 1.97. The van der Waals surface area contributed by atoms with Crippen molar-refractivity contribution >= 4 is 22.1 Å². The van der Waals surface area contributed by atoms with Crippen LogP contribution < -0.4 is 5.73 Å². The van der Waals surface area contributed by atoms with Crippen LogP contribution in [0.15, 0.2) is 0 Å². The summed E-state index contributed by atoms with van der Waals surface area (Å²) in [5, 5.41) is 16.9. The van der Waals surface area contributed by atoms with Gasteiger partial charge in [-0.15, -0.1) is 0 Å². The third kappa shape index (κ3) is 5.30. The van der Waals surface area contributed by atoms with E-state index in [4.69, 9.17) is 20.5 Å². The van der Waals surface area contributed by atoms with Crippen LogP contribution in [0.25, 0.3) is 0 Å².